The van der Waals surface area contributed by atoms with Crippen LogP contribution in [0.2, 0.25) is 0 Å². The normalized spacial score (nSPS) is 18.0. The Morgan fingerprint density at radius 1 is 1.24 bits per heavy atom. The second-order valence-corrected chi connectivity index (χ2v) is 5.45. The Kier molecular flexibility index (Phi) is 5.67. The number of ether oxygens (including phenoxy) is 1. The van der Waals surface area contributed by atoms with Gasteiger partial charge in [-0.1, -0.05) is 37.8 Å². The van der Waals surface area contributed by atoms with E-state index in [1.165, 1.54) is 32.1 Å². The molecular weight excluding hydrogens is 276 g/mol. The molecule has 21 heavy (non-hydrogen) atoms. The smallest absolute Gasteiger partial charge is 0.327 e. The van der Waals surface area contributed by atoms with Crippen molar-refractivity contribution in [1.29, 1.82) is 0 Å². The summed E-state index contributed by atoms with van der Waals surface area (Å²) in [7, 11) is 1.25. The average molecular weight is 297 g/mol. The first kappa shape index (κ1) is 15.9. The number of hydrogen-bond donors (Lipinski definition) is 1. The Morgan fingerprint density at radius 3 is 2.52 bits per heavy atom. The SMILES string of the molecule is COC(=O)C(NC1CCCCCC1)c1cccc(F)c1F. The van der Waals surface area contributed by atoms with Crippen molar-refractivity contribution in [3.63, 3.8) is 0 Å². The number of halogens is 2. The summed E-state index contributed by atoms with van der Waals surface area (Å²) < 4.78 is 32.1. The maximum absolute atomic E-state index is 14.0. The van der Waals surface area contributed by atoms with Gasteiger partial charge >= 0.3 is 5.97 Å². The van der Waals surface area contributed by atoms with E-state index in [9.17, 15) is 13.6 Å². The molecule has 1 fully saturated rings. The fourth-order valence-electron chi connectivity index (χ4n) is 2.83. The van der Waals surface area contributed by atoms with Gasteiger partial charge in [0.2, 0.25) is 0 Å². The van der Waals surface area contributed by atoms with Crippen LogP contribution in [0.1, 0.15) is 50.1 Å². The molecule has 1 atom stereocenters. The van der Waals surface area contributed by atoms with Crippen molar-refractivity contribution in [3.05, 3.63) is 35.4 Å². The summed E-state index contributed by atoms with van der Waals surface area (Å²) in [5.41, 5.74) is 0.00565. The summed E-state index contributed by atoms with van der Waals surface area (Å²) in [6, 6.07) is 3.02. The molecule has 1 saturated carbocycles. The van der Waals surface area contributed by atoms with Gasteiger partial charge in [0.1, 0.15) is 6.04 Å². The van der Waals surface area contributed by atoms with Crippen LogP contribution < -0.4 is 5.32 Å². The zero-order chi connectivity index (χ0) is 15.2. The monoisotopic (exact) mass is 297 g/mol. The number of esters is 1. The quantitative estimate of drug-likeness (QED) is 0.683. The number of rotatable bonds is 4. The first-order valence-electron chi connectivity index (χ1n) is 7.41. The Balaban J connectivity index is 2.21. The van der Waals surface area contributed by atoms with Crippen molar-refractivity contribution in [2.45, 2.75) is 50.6 Å². The van der Waals surface area contributed by atoms with E-state index >= 15 is 0 Å². The van der Waals surface area contributed by atoms with Gasteiger partial charge in [-0.3, -0.25) is 5.32 Å². The van der Waals surface area contributed by atoms with Crippen molar-refractivity contribution in [2.75, 3.05) is 7.11 Å². The fourth-order valence-corrected chi connectivity index (χ4v) is 2.83. The van der Waals surface area contributed by atoms with E-state index in [1.54, 1.807) is 0 Å². The van der Waals surface area contributed by atoms with E-state index in [0.29, 0.717) is 0 Å². The number of benzene rings is 1. The molecule has 1 aliphatic carbocycles. The van der Waals surface area contributed by atoms with Gasteiger partial charge in [-0.25, -0.2) is 13.6 Å². The number of nitrogens with one attached hydrogen (secondary N) is 1. The van der Waals surface area contributed by atoms with Crippen molar-refractivity contribution in [2.24, 2.45) is 0 Å². The molecule has 1 N–H and O–H groups in total. The van der Waals surface area contributed by atoms with Crippen LogP contribution >= 0.6 is 0 Å². The van der Waals surface area contributed by atoms with Crippen LogP contribution in [0.25, 0.3) is 0 Å². The highest BCUT2D eigenvalue weighted by molar-refractivity contribution is 5.77. The van der Waals surface area contributed by atoms with Gasteiger partial charge < -0.3 is 4.74 Å². The van der Waals surface area contributed by atoms with Crippen molar-refractivity contribution >= 4 is 5.97 Å². The third kappa shape index (κ3) is 4.00. The summed E-state index contributed by atoms with van der Waals surface area (Å²) in [4.78, 5) is 12.0. The molecule has 2 rings (SSSR count). The molecular formula is C16H21F2NO2. The zero-order valence-corrected chi connectivity index (χ0v) is 12.2. The lowest BCUT2D eigenvalue weighted by Gasteiger charge is -2.24. The largest absolute Gasteiger partial charge is 0.468 e. The van der Waals surface area contributed by atoms with Crippen LogP contribution in [0.3, 0.4) is 0 Å². The van der Waals surface area contributed by atoms with Crippen LogP contribution in [0, 0.1) is 11.6 Å². The van der Waals surface area contributed by atoms with Crippen LogP contribution in [0.4, 0.5) is 8.78 Å². The standard InChI is InChI=1S/C16H21F2NO2/c1-21-16(20)15(12-9-6-10-13(17)14(12)18)19-11-7-4-2-3-5-8-11/h6,9-11,15,19H,2-5,7-8H2,1H3. The van der Waals surface area contributed by atoms with Crippen LogP contribution in [0.15, 0.2) is 18.2 Å². The van der Waals surface area contributed by atoms with Crippen LogP contribution in [-0.4, -0.2) is 19.1 Å². The molecule has 0 aromatic heterocycles. The van der Waals surface area contributed by atoms with Crippen molar-refractivity contribution in [3.8, 4) is 0 Å². The average Bonchev–Trinajstić information content (AvgIpc) is 2.76. The Labute approximate surface area is 123 Å². The summed E-state index contributed by atoms with van der Waals surface area (Å²) in [6.45, 7) is 0. The number of carbonyl (C=O) groups is 1. The molecule has 0 spiro atoms. The lowest BCUT2D eigenvalue weighted by molar-refractivity contribution is -0.143. The first-order valence-corrected chi connectivity index (χ1v) is 7.41. The van der Waals surface area contributed by atoms with Gasteiger partial charge in [-0.05, 0) is 18.9 Å². The van der Waals surface area contributed by atoms with Gasteiger partial charge in [-0.2, -0.15) is 0 Å². The van der Waals surface area contributed by atoms with E-state index in [1.807, 2.05) is 0 Å². The molecule has 0 bridgehead atoms. The Morgan fingerprint density at radius 2 is 1.90 bits per heavy atom. The molecule has 1 aromatic carbocycles. The van der Waals surface area contributed by atoms with E-state index in [-0.39, 0.29) is 11.6 Å². The predicted octanol–water partition coefficient (Wildman–Crippen LogP) is 3.49. The highest BCUT2D eigenvalue weighted by Gasteiger charge is 2.28. The predicted molar refractivity (Wildman–Crippen MR) is 75.7 cm³/mol. The van der Waals surface area contributed by atoms with Gasteiger partial charge in [0.05, 0.1) is 7.11 Å². The van der Waals surface area contributed by atoms with Gasteiger partial charge in [0, 0.05) is 11.6 Å². The van der Waals surface area contributed by atoms with Gasteiger partial charge in [0.15, 0.2) is 11.6 Å². The lowest BCUT2D eigenvalue weighted by atomic mass is 10.0. The van der Waals surface area contributed by atoms with Gasteiger partial charge in [0.25, 0.3) is 0 Å². The summed E-state index contributed by atoms with van der Waals surface area (Å²) in [6.07, 6.45) is 6.38. The van der Waals surface area contributed by atoms with E-state index < -0.39 is 23.6 Å². The second-order valence-electron chi connectivity index (χ2n) is 5.45. The maximum Gasteiger partial charge on any atom is 0.327 e. The van der Waals surface area contributed by atoms with Gasteiger partial charge in [-0.15, -0.1) is 0 Å². The maximum atomic E-state index is 14.0. The van der Waals surface area contributed by atoms with Crippen molar-refractivity contribution < 1.29 is 18.3 Å². The van der Waals surface area contributed by atoms with E-state index in [0.717, 1.165) is 31.7 Å². The summed E-state index contributed by atoms with van der Waals surface area (Å²) in [5, 5.41) is 3.15. The molecule has 5 heteroatoms. The Bertz CT molecular complexity index is 485. The highest BCUT2D eigenvalue weighted by atomic mass is 19.2. The first-order chi connectivity index (χ1) is 10.1. The summed E-state index contributed by atoms with van der Waals surface area (Å²) in [5.74, 6) is -2.54. The van der Waals surface area contributed by atoms with Crippen LogP contribution in [0.5, 0.6) is 0 Å². The second kappa shape index (κ2) is 7.50. The molecule has 0 heterocycles. The molecule has 1 aromatic rings. The minimum Gasteiger partial charge on any atom is -0.468 e. The topological polar surface area (TPSA) is 38.3 Å². The fraction of sp³-hybridized carbons (Fsp3) is 0.562. The number of carbonyl (C=O) groups excluding carboxylic acids is 1. The van der Waals surface area contributed by atoms with Crippen LogP contribution in [-0.2, 0) is 9.53 Å². The minimum atomic E-state index is -0.992. The number of hydrogen-bond acceptors (Lipinski definition) is 3. The van der Waals surface area contributed by atoms with Crippen molar-refractivity contribution in [1.82, 2.24) is 5.32 Å². The molecule has 1 unspecified atom stereocenters. The van der Waals surface area contributed by atoms with E-state index in [4.69, 9.17) is 4.74 Å². The Hall–Kier alpha value is -1.49. The molecule has 3 nitrogen and oxygen atoms in total. The molecule has 0 radical (unpaired) electrons. The lowest BCUT2D eigenvalue weighted by Crippen LogP contribution is -2.38. The highest BCUT2D eigenvalue weighted by Crippen LogP contribution is 2.24. The molecule has 0 saturated heterocycles. The third-order valence-corrected chi connectivity index (χ3v) is 3.99. The molecule has 116 valence electrons. The minimum absolute atomic E-state index is 0.00565. The third-order valence-electron chi connectivity index (χ3n) is 3.99. The zero-order valence-electron chi connectivity index (χ0n) is 12.2. The summed E-state index contributed by atoms with van der Waals surface area (Å²) >= 11 is 0. The number of methoxy groups -OCH3 is 1. The van der Waals surface area contributed by atoms with E-state index in [2.05, 4.69) is 5.32 Å². The molecule has 0 amide bonds. The molecule has 0 aliphatic heterocycles. The molecule has 1 aliphatic rings.